The molecule has 1 aromatic heterocycles. The van der Waals surface area contributed by atoms with E-state index >= 15 is 0 Å². The number of nitrogens with zero attached hydrogens (tertiary/aromatic N) is 1. The van der Waals surface area contributed by atoms with Crippen LogP contribution in [0.5, 0.6) is 0 Å². The van der Waals surface area contributed by atoms with Gasteiger partial charge in [-0.15, -0.1) is 11.3 Å². The normalized spacial score (nSPS) is 22.2. The second-order valence-corrected chi connectivity index (χ2v) is 6.84. The average Bonchev–Trinajstić information content (AvgIpc) is 2.73. The Bertz CT molecular complexity index is 555. The lowest BCUT2D eigenvalue weighted by molar-refractivity contribution is 0.289. The molecule has 0 saturated heterocycles. The van der Waals surface area contributed by atoms with Crippen molar-refractivity contribution in [3.63, 3.8) is 0 Å². The zero-order valence-corrected chi connectivity index (χ0v) is 12.3. The van der Waals surface area contributed by atoms with Gasteiger partial charge in [0.15, 0.2) is 0 Å². The van der Waals surface area contributed by atoms with Gasteiger partial charge in [0.05, 0.1) is 0 Å². The van der Waals surface area contributed by atoms with Crippen LogP contribution in [0.25, 0.3) is 0 Å². The van der Waals surface area contributed by atoms with Crippen LogP contribution in [0.4, 0.5) is 0 Å². The summed E-state index contributed by atoms with van der Waals surface area (Å²) in [5.74, 6) is 0.746. The molecule has 2 nitrogen and oxygen atoms in total. The molecule has 0 atom stereocenters. The Kier molecular flexibility index (Phi) is 3.67. The zero-order chi connectivity index (χ0) is 13.2. The number of aryl methyl sites for hydroxylation is 2. The molecular formula is C16H20N2S. The van der Waals surface area contributed by atoms with Crippen LogP contribution in [-0.2, 0) is 6.54 Å². The van der Waals surface area contributed by atoms with E-state index in [1.54, 1.807) is 11.3 Å². The molecule has 1 aromatic carbocycles. The van der Waals surface area contributed by atoms with E-state index < -0.39 is 0 Å². The maximum absolute atomic E-state index is 4.39. The van der Waals surface area contributed by atoms with Crippen molar-refractivity contribution in [2.45, 2.75) is 45.2 Å². The van der Waals surface area contributed by atoms with Crippen LogP contribution < -0.4 is 5.32 Å². The van der Waals surface area contributed by atoms with Crippen LogP contribution in [0.1, 0.15) is 39.8 Å². The van der Waals surface area contributed by atoms with Crippen LogP contribution >= 0.6 is 11.3 Å². The van der Waals surface area contributed by atoms with E-state index in [9.17, 15) is 0 Å². The number of rotatable bonds is 4. The van der Waals surface area contributed by atoms with Gasteiger partial charge in [-0.3, -0.25) is 0 Å². The number of benzene rings is 1. The summed E-state index contributed by atoms with van der Waals surface area (Å²) in [6.07, 6.45) is 4.47. The van der Waals surface area contributed by atoms with Gasteiger partial charge in [-0.25, -0.2) is 4.98 Å². The highest BCUT2D eigenvalue weighted by molar-refractivity contribution is 7.11. The quantitative estimate of drug-likeness (QED) is 0.916. The fraction of sp³-hybridized carbons (Fsp3) is 0.438. The molecule has 1 aliphatic carbocycles. The van der Waals surface area contributed by atoms with Gasteiger partial charge in [-0.05, 0) is 38.2 Å². The van der Waals surface area contributed by atoms with Crippen LogP contribution in [0, 0.1) is 13.8 Å². The minimum atomic E-state index is 0.662. The van der Waals surface area contributed by atoms with Crippen molar-refractivity contribution in [1.82, 2.24) is 10.3 Å². The van der Waals surface area contributed by atoms with Crippen molar-refractivity contribution in [3.8, 4) is 0 Å². The molecule has 0 bridgehead atoms. The minimum Gasteiger partial charge on any atom is -0.308 e. The first-order valence-electron chi connectivity index (χ1n) is 6.92. The van der Waals surface area contributed by atoms with Gasteiger partial charge in [0.2, 0.25) is 0 Å². The Morgan fingerprint density at radius 3 is 2.84 bits per heavy atom. The minimum absolute atomic E-state index is 0.662. The highest BCUT2D eigenvalue weighted by Crippen LogP contribution is 2.37. The molecule has 3 rings (SSSR count). The Morgan fingerprint density at radius 1 is 1.32 bits per heavy atom. The second-order valence-electron chi connectivity index (χ2n) is 5.52. The molecule has 0 aliphatic heterocycles. The summed E-state index contributed by atoms with van der Waals surface area (Å²) in [7, 11) is 0. The predicted molar refractivity (Wildman–Crippen MR) is 80.6 cm³/mol. The topological polar surface area (TPSA) is 24.9 Å². The first-order valence-corrected chi connectivity index (χ1v) is 7.73. The lowest BCUT2D eigenvalue weighted by Crippen LogP contribution is -2.39. The molecule has 0 radical (unpaired) electrons. The predicted octanol–water partition coefficient (Wildman–Crippen LogP) is 3.80. The summed E-state index contributed by atoms with van der Waals surface area (Å²) in [5, 5.41) is 4.82. The average molecular weight is 272 g/mol. The summed E-state index contributed by atoms with van der Waals surface area (Å²) < 4.78 is 0. The van der Waals surface area contributed by atoms with Gasteiger partial charge in [-0.1, -0.05) is 29.8 Å². The molecule has 0 spiro atoms. The van der Waals surface area contributed by atoms with E-state index in [0.717, 1.165) is 12.5 Å². The Balaban J connectivity index is 1.48. The van der Waals surface area contributed by atoms with Crippen molar-refractivity contribution in [3.05, 3.63) is 51.5 Å². The molecule has 100 valence electrons. The molecule has 2 aromatic rings. The number of nitrogens with one attached hydrogen (secondary N) is 1. The van der Waals surface area contributed by atoms with Crippen molar-refractivity contribution >= 4 is 11.3 Å². The van der Waals surface area contributed by atoms with Crippen molar-refractivity contribution in [1.29, 1.82) is 0 Å². The molecule has 1 heterocycles. The smallest absolute Gasteiger partial charge is 0.107 e. The molecule has 19 heavy (non-hydrogen) atoms. The maximum atomic E-state index is 4.39. The SMILES string of the molecule is Cc1cccc(C2CC(NCc3ncc(C)s3)C2)c1. The molecular weight excluding hydrogens is 252 g/mol. The molecule has 0 unspecified atom stereocenters. The van der Waals surface area contributed by atoms with Gasteiger partial charge in [0, 0.05) is 23.7 Å². The third kappa shape index (κ3) is 3.04. The summed E-state index contributed by atoms with van der Waals surface area (Å²) in [6, 6.07) is 9.59. The van der Waals surface area contributed by atoms with Crippen LogP contribution in [-0.4, -0.2) is 11.0 Å². The van der Waals surface area contributed by atoms with Crippen LogP contribution in [0.2, 0.25) is 0 Å². The largest absolute Gasteiger partial charge is 0.308 e. The van der Waals surface area contributed by atoms with Crippen LogP contribution in [0.3, 0.4) is 0 Å². The molecule has 1 saturated carbocycles. The number of aromatic nitrogens is 1. The van der Waals surface area contributed by atoms with Gasteiger partial charge >= 0.3 is 0 Å². The number of hydrogen-bond donors (Lipinski definition) is 1. The van der Waals surface area contributed by atoms with E-state index in [-0.39, 0.29) is 0 Å². The fourth-order valence-corrected chi connectivity index (χ4v) is 3.43. The highest BCUT2D eigenvalue weighted by atomic mass is 32.1. The number of thiazole rings is 1. The third-order valence-electron chi connectivity index (χ3n) is 3.86. The summed E-state index contributed by atoms with van der Waals surface area (Å²) in [6.45, 7) is 5.20. The lowest BCUT2D eigenvalue weighted by Gasteiger charge is -2.36. The van der Waals surface area contributed by atoms with Gasteiger partial charge in [0.1, 0.15) is 5.01 Å². The number of hydrogen-bond acceptors (Lipinski definition) is 3. The Labute approximate surface area is 118 Å². The maximum Gasteiger partial charge on any atom is 0.107 e. The first-order chi connectivity index (χ1) is 9.20. The Hall–Kier alpha value is -1.19. The Morgan fingerprint density at radius 2 is 2.16 bits per heavy atom. The van der Waals surface area contributed by atoms with Crippen LogP contribution in [0.15, 0.2) is 30.5 Å². The third-order valence-corrected chi connectivity index (χ3v) is 4.78. The van der Waals surface area contributed by atoms with E-state index in [0.29, 0.717) is 6.04 Å². The zero-order valence-electron chi connectivity index (χ0n) is 11.5. The standard InChI is InChI=1S/C16H20N2S/c1-11-4-3-5-13(6-11)14-7-15(8-14)17-10-16-18-9-12(2)19-16/h3-6,9,14-15,17H,7-8,10H2,1-2H3. The second kappa shape index (κ2) is 5.43. The summed E-state index contributed by atoms with van der Waals surface area (Å²) >= 11 is 1.79. The molecule has 3 heteroatoms. The van der Waals surface area contributed by atoms with E-state index in [2.05, 4.69) is 48.4 Å². The lowest BCUT2D eigenvalue weighted by atomic mass is 9.75. The van der Waals surface area contributed by atoms with E-state index in [1.165, 1.54) is 33.9 Å². The monoisotopic (exact) mass is 272 g/mol. The van der Waals surface area contributed by atoms with Crippen molar-refractivity contribution in [2.24, 2.45) is 0 Å². The molecule has 1 fully saturated rings. The molecule has 1 N–H and O–H groups in total. The molecule has 1 aliphatic rings. The van der Waals surface area contributed by atoms with E-state index in [4.69, 9.17) is 0 Å². The van der Waals surface area contributed by atoms with E-state index in [1.807, 2.05) is 6.20 Å². The fourth-order valence-electron chi connectivity index (χ4n) is 2.70. The van der Waals surface area contributed by atoms with Gasteiger partial charge < -0.3 is 5.32 Å². The van der Waals surface area contributed by atoms with Gasteiger partial charge in [0.25, 0.3) is 0 Å². The summed E-state index contributed by atoms with van der Waals surface area (Å²) in [5.41, 5.74) is 2.87. The highest BCUT2D eigenvalue weighted by Gasteiger charge is 2.29. The summed E-state index contributed by atoms with van der Waals surface area (Å²) in [4.78, 5) is 5.69. The van der Waals surface area contributed by atoms with Gasteiger partial charge in [-0.2, -0.15) is 0 Å². The van der Waals surface area contributed by atoms with Crippen molar-refractivity contribution < 1.29 is 0 Å². The first kappa shape index (κ1) is 12.8. The van der Waals surface area contributed by atoms with Crippen molar-refractivity contribution in [2.75, 3.05) is 0 Å². The molecule has 0 amide bonds.